The average molecular weight is 430 g/mol. The van der Waals surface area contributed by atoms with Gasteiger partial charge in [0.15, 0.2) is 0 Å². The summed E-state index contributed by atoms with van der Waals surface area (Å²) in [5.74, 6) is 2.44. The number of carbonyl (C=O) groups is 1. The van der Waals surface area contributed by atoms with Crippen LogP contribution in [0.1, 0.15) is 30.4 Å². The summed E-state index contributed by atoms with van der Waals surface area (Å²) >= 11 is 3.59. The number of Topliss-reactive ketones (excluding diaryl/α,β-unsaturated/α-hetero) is 1. The summed E-state index contributed by atoms with van der Waals surface area (Å²) in [6.45, 7) is 2.68. The number of piperidine rings is 1. The number of aromatic nitrogens is 2. The molecule has 2 aromatic rings. The molecule has 0 unspecified atom stereocenters. The normalized spacial score (nSPS) is 17.7. The predicted octanol–water partition coefficient (Wildman–Crippen LogP) is 3.22. The Morgan fingerprint density at radius 1 is 1.22 bits per heavy atom. The van der Waals surface area contributed by atoms with E-state index >= 15 is 0 Å². The van der Waals surface area contributed by atoms with Gasteiger partial charge in [0.1, 0.15) is 11.6 Å². The third-order valence-electron chi connectivity index (χ3n) is 5.50. The number of nitrogens with one attached hydrogen (secondary N) is 1. The Bertz CT molecular complexity index is 848. The van der Waals surface area contributed by atoms with Gasteiger partial charge in [0.25, 0.3) is 0 Å². The minimum atomic E-state index is 0.322. The number of halogens is 1. The number of aryl methyl sites for hydroxylation is 1. The molecular formula is C20H24BrN5O. The van der Waals surface area contributed by atoms with Crippen molar-refractivity contribution in [1.82, 2.24) is 9.97 Å². The van der Waals surface area contributed by atoms with Crippen LogP contribution in [0, 0.1) is 5.92 Å². The van der Waals surface area contributed by atoms with E-state index in [2.05, 4.69) is 37.2 Å². The van der Waals surface area contributed by atoms with Gasteiger partial charge >= 0.3 is 0 Å². The zero-order valence-electron chi connectivity index (χ0n) is 15.2. The van der Waals surface area contributed by atoms with Crippen LogP contribution in [0.15, 0.2) is 28.9 Å². The van der Waals surface area contributed by atoms with E-state index in [0.717, 1.165) is 60.4 Å². The SMILES string of the molecule is NCC1CCN(c2nc(Nc3ccc4c(c3)CCC(=O)C4)ncc2Br)CC1. The lowest BCUT2D eigenvalue weighted by molar-refractivity contribution is -0.118. The van der Waals surface area contributed by atoms with Crippen LogP contribution in [0.4, 0.5) is 17.5 Å². The quantitative estimate of drug-likeness (QED) is 0.775. The smallest absolute Gasteiger partial charge is 0.229 e. The van der Waals surface area contributed by atoms with Gasteiger partial charge in [-0.25, -0.2) is 4.98 Å². The Hall–Kier alpha value is -1.99. The number of anilines is 3. The number of nitrogens with zero attached hydrogens (tertiary/aromatic N) is 3. The van der Waals surface area contributed by atoms with Crippen LogP contribution < -0.4 is 16.0 Å². The van der Waals surface area contributed by atoms with Crippen molar-refractivity contribution in [2.75, 3.05) is 29.9 Å². The summed E-state index contributed by atoms with van der Waals surface area (Å²) < 4.78 is 0.906. The first kappa shape index (κ1) is 18.4. The van der Waals surface area contributed by atoms with E-state index in [1.807, 2.05) is 12.1 Å². The van der Waals surface area contributed by atoms with Crippen molar-refractivity contribution >= 4 is 39.2 Å². The van der Waals surface area contributed by atoms with E-state index in [1.165, 1.54) is 5.56 Å². The summed E-state index contributed by atoms with van der Waals surface area (Å²) in [5.41, 5.74) is 9.13. The van der Waals surface area contributed by atoms with Crippen LogP contribution >= 0.6 is 15.9 Å². The number of benzene rings is 1. The Labute approximate surface area is 167 Å². The molecule has 0 saturated carbocycles. The van der Waals surface area contributed by atoms with Crippen molar-refractivity contribution in [1.29, 1.82) is 0 Å². The van der Waals surface area contributed by atoms with Crippen LogP contribution in [0.5, 0.6) is 0 Å². The number of rotatable bonds is 4. The Balaban J connectivity index is 1.51. The van der Waals surface area contributed by atoms with Crippen molar-refractivity contribution < 1.29 is 4.79 Å². The maximum atomic E-state index is 11.6. The monoisotopic (exact) mass is 429 g/mol. The lowest BCUT2D eigenvalue weighted by atomic mass is 9.90. The lowest BCUT2D eigenvalue weighted by Gasteiger charge is -2.32. The molecule has 0 atom stereocenters. The molecule has 2 aliphatic rings. The molecule has 6 nitrogen and oxygen atoms in total. The first-order valence-corrected chi connectivity index (χ1v) is 10.3. The molecule has 0 bridgehead atoms. The highest BCUT2D eigenvalue weighted by Gasteiger charge is 2.21. The lowest BCUT2D eigenvalue weighted by Crippen LogP contribution is -2.36. The fourth-order valence-corrected chi connectivity index (χ4v) is 4.28. The molecule has 0 amide bonds. The molecule has 4 rings (SSSR count). The highest BCUT2D eigenvalue weighted by atomic mass is 79.9. The molecule has 0 radical (unpaired) electrons. The van der Waals surface area contributed by atoms with Gasteiger partial charge in [-0.1, -0.05) is 6.07 Å². The third kappa shape index (κ3) is 4.14. The van der Waals surface area contributed by atoms with Crippen LogP contribution in [0.3, 0.4) is 0 Å². The molecule has 7 heteroatoms. The van der Waals surface area contributed by atoms with Crippen LogP contribution in [-0.4, -0.2) is 35.4 Å². The fourth-order valence-electron chi connectivity index (χ4n) is 3.83. The molecule has 1 saturated heterocycles. The molecule has 1 aliphatic heterocycles. The summed E-state index contributed by atoms with van der Waals surface area (Å²) in [4.78, 5) is 23.1. The number of ketones is 1. The number of hydrogen-bond acceptors (Lipinski definition) is 6. The second kappa shape index (κ2) is 7.94. The van der Waals surface area contributed by atoms with E-state index < -0.39 is 0 Å². The van der Waals surface area contributed by atoms with Crippen molar-refractivity contribution in [3.63, 3.8) is 0 Å². The minimum absolute atomic E-state index is 0.322. The highest BCUT2D eigenvalue weighted by molar-refractivity contribution is 9.10. The van der Waals surface area contributed by atoms with Gasteiger partial charge in [0.2, 0.25) is 5.95 Å². The number of fused-ring (bicyclic) bond motifs is 1. The van der Waals surface area contributed by atoms with E-state index in [-0.39, 0.29) is 0 Å². The van der Waals surface area contributed by atoms with Crippen molar-refractivity contribution in [3.05, 3.63) is 40.0 Å². The molecule has 0 spiro atoms. The average Bonchev–Trinajstić information content (AvgIpc) is 2.70. The highest BCUT2D eigenvalue weighted by Crippen LogP contribution is 2.30. The number of nitrogens with two attached hydrogens (primary N) is 1. The van der Waals surface area contributed by atoms with E-state index in [4.69, 9.17) is 10.7 Å². The maximum absolute atomic E-state index is 11.6. The van der Waals surface area contributed by atoms with Crippen molar-refractivity contribution in [2.45, 2.75) is 32.1 Å². The molecular weight excluding hydrogens is 406 g/mol. The van der Waals surface area contributed by atoms with Crippen LogP contribution in [-0.2, 0) is 17.6 Å². The van der Waals surface area contributed by atoms with E-state index in [9.17, 15) is 4.79 Å². The van der Waals surface area contributed by atoms with Gasteiger partial charge < -0.3 is 16.0 Å². The summed E-state index contributed by atoms with van der Waals surface area (Å²) in [6.07, 6.45) is 5.99. The maximum Gasteiger partial charge on any atom is 0.229 e. The zero-order valence-corrected chi connectivity index (χ0v) is 16.8. The predicted molar refractivity (Wildman–Crippen MR) is 110 cm³/mol. The first-order chi connectivity index (χ1) is 13.1. The van der Waals surface area contributed by atoms with Crippen molar-refractivity contribution in [3.8, 4) is 0 Å². The van der Waals surface area contributed by atoms with Gasteiger partial charge in [-0.15, -0.1) is 0 Å². The second-order valence-corrected chi connectivity index (χ2v) is 8.21. The zero-order chi connectivity index (χ0) is 18.8. The van der Waals surface area contributed by atoms with Gasteiger partial charge in [-0.2, -0.15) is 4.98 Å². The Morgan fingerprint density at radius 2 is 2.04 bits per heavy atom. The summed E-state index contributed by atoms with van der Waals surface area (Å²) in [7, 11) is 0. The van der Waals surface area contributed by atoms with Crippen LogP contribution in [0.25, 0.3) is 0 Å². The van der Waals surface area contributed by atoms with Gasteiger partial charge in [0, 0.05) is 37.8 Å². The molecule has 142 valence electrons. The molecule has 27 heavy (non-hydrogen) atoms. The Morgan fingerprint density at radius 3 is 2.81 bits per heavy atom. The van der Waals surface area contributed by atoms with Crippen molar-refractivity contribution in [2.24, 2.45) is 11.7 Å². The van der Waals surface area contributed by atoms with Gasteiger partial charge in [0.05, 0.1) is 4.47 Å². The standard InChI is InChI=1S/C20H24BrN5O/c21-18-12-23-20(25-19(18)26-7-5-13(11-22)6-8-26)24-16-3-1-15-10-17(27)4-2-14(15)9-16/h1,3,9,12-13H,2,4-8,10-11,22H2,(H,23,24,25). The van der Waals surface area contributed by atoms with E-state index in [1.54, 1.807) is 6.20 Å². The summed E-state index contributed by atoms with van der Waals surface area (Å²) in [5, 5.41) is 3.32. The Kier molecular flexibility index (Phi) is 5.41. The minimum Gasteiger partial charge on any atom is -0.355 e. The van der Waals surface area contributed by atoms with Gasteiger partial charge in [-0.05, 0) is 70.9 Å². The topological polar surface area (TPSA) is 84.1 Å². The summed E-state index contributed by atoms with van der Waals surface area (Å²) in [6, 6.07) is 6.14. The second-order valence-electron chi connectivity index (χ2n) is 7.36. The number of hydrogen-bond donors (Lipinski definition) is 2. The van der Waals surface area contributed by atoms with E-state index in [0.29, 0.717) is 30.5 Å². The fraction of sp³-hybridized carbons (Fsp3) is 0.450. The molecule has 3 N–H and O–H groups in total. The van der Waals surface area contributed by atoms with Crippen LogP contribution in [0.2, 0.25) is 0 Å². The molecule has 1 fully saturated rings. The first-order valence-electron chi connectivity index (χ1n) is 9.50. The largest absolute Gasteiger partial charge is 0.355 e. The van der Waals surface area contributed by atoms with Gasteiger partial charge in [-0.3, -0.25) is 4.79 Å². The molecule has 1 aliphatic carbocycles. The molecule has 1 aromatic carbocycles. The third-order valence-corrected chi connectivity index (χ3v) is 6.06. The molecule has 2 heterocycles. The number of carbonyl (C=O) groups excluding carboxylic acids is 1. The molecule has 1 aromatic heterocycles.